The summed E-state index contributed by atoms with van der Waals surface area (Å²) in [5.74, 6) is 6.05. The van der Waals surface area contributed by atoms with Crippen molar-refractivity contribution >= 4 is 5.97 Å². The third-order valence-corrected chi connectivity index (χ3v) is 6.54. The fourth-order valence-corrected chi connectivity index (χ4v) is 6.18. The zero-order valence-corrected chi connectivity index (χ0v) is 10.8. The maximum absolute atomic E-state index is 11.9. The van der Waals surface area contributed by atoms with Crippen LogP contribution < -0.4 is 0 Å². The highest BCUT2D eigenvalue weighted by atomic mass is 16.5. The van der Waals surface area contributed by atoms with Crippen molar-refractivity contribution in [3.8, 4) is 0 Å². The normalized spacial score (nSPS) is 59.3. The Morgan fingerprint density at radius 2 is 2.00 bits per heavy atom. The lowest BCUT2D eigenvalue weighted by atomic mass is 9.67. The minimum Gasteiger partial charge on any atom is -0.465 e. The highest BCUT2D eigenvalue weighted by molar-refractivity contribution is 5.76. The second-order valence-corrected chi connectivity index (χ2v) is 6.92. The van der Waals surface area contributed by atoms with Crippen molar-refractivity contribution in [2.45, 2.75) is 33.1 Å². The van der Waals surface area contributed by atoms with E-state index in [1.165, 1.54) is 19.3 Å². The molecule has 0 aromatic heterocycles. The molecular weight excluding hydrogens is 212 g/mol. The molecule has 0 amide bonds. The van der Waals surface area contributed by atoms with Crippen molar-refractivity contribution in [2.24, 2.45) is 47.3 Å². The maximum Gasteiger partial charge on any atom is 0.309 e. The summed E-state index contributed by atoms with van der Waals surface area (Å²) in [6.07, 6.45) is 4.08. The van der Waals surface area contributed by atoms with Crippen molar-refractivity contribution in [1.29, 1.82) is 0 Å². The number of carbonyl (C=O) groups is 1. The van der Waals surface area contributed by atoms with Gasteiger partial charge in [-0.25, -0.2) is 0 Å². The van der Waals surface area contributed by atoms with Crippen LogP contribution in [0.5, 0.6) is 0 Å². The van der Waals surface area contributed by atoms with E-state index in [1.807, 2.05) is 0 Å². The molecule has 94 valence electrons. The van der Waals surface area contributed by atoms with E-state index in [4.69, 9.17) is 4.74 Å². The Morgan fingerprint density at radius 1 is 1.18 bits per heavy atom. The summed E-state index contributed by atoms with van der Waals surface area (Å²) < 4.78 is 5.33. The van der Waals surface area contributed by atoms with Crippen LogP contribution >= 0.6 is 0 Å². The predicted octanol–water partition coefficient (Wildman–Crippen LogP) is 2.72. The van der Waals surface area contributed by atoms with Crippen LogP contribution in [-0.2, 0) is 9.53 Å². The zero-order chi connectivity index (χ0) is 11.7. The van der Waals surface area contributed by atoms with E-state index in [1.54, 1.807) is 0 Å². The van der Waals surface area contributed by atoms with Crippen LogP contribution in [-0.4, -0.2) is 12.6 Å². The van der Waals surface area contributed by atoms with Gasteiger partial charge in [0, 0.05) is 5.92 Å². The van der Waals surface area contributed by atoms with Gasteiger partial charge in [-0.3, -0.25) is 4.79 Å². The standard InChI is InChI=1S/C15H22O2/c1-3-8-4-7(2)12-10-5-9(13(8)12)11-6-17-15(16)14(10)11/h7-14H,3-6H2,1-2H3. The molecule has 0 N–H and O–H groups in total. The van der Waals surface area contributed by atoms with Crippen LogP contribution in [0.4, 0.5) is 0 Å². The molecule has 2 nitrogen and oxygen atoms in total. The molecule has 1 aliphatic heterocycles. The lowest BCUT2D eigenvalue weighted by Gasteiger charge is -2.35. The molecule has 3 saturated carbocycles. The highest BCUT2D eigenvalue weighted by Crippen LogP contribution is 2.68. The molecule has 2 heteroatoms. The van der Waals surface area contributed by atoms with Gasteiger partial charge >= 0.3 is 5.97 Å². The van der Waals surface area contributed by atoms with Crippen LogP contribution in [0.3, 0.4) is 0 Å². The molecule has 1 saturated heterocycles. The van der Waals surface area contributed by atoms with Crippen molar-refractivity contribution < 1.29 is 9.53 Å². The Hall–Kier alpha value is -0.530. The molecule has 3 aliphatic carbocycles. The Morgan fingerprint density at radius 3 is 2.76 bits per heavy atom. The average Bonchev–Trinajstić information content (AvgIpc) is 2.99. The molecule has 4 aliphatic rings. The van der Waals surface area contributed by atoms with E-state index in [2.05, 4.69) is 13.8 Å². The minimum absolute atomic E-state index is 0.132. The van der Waals surface area contributed by atoms with Crippen molar-refractivity contribution in [3.63, 3.8) is 0 Å². The number of rotatable bonds is 1. The first-order valence-corrected chi connectivity index (χ1v) is 7.39. The molecule has 8 unspecified atom stereocenters. The summed E-state index contributed by atoms with van der Waals surface area (Å²) in [7, 11) is 0. The van der Waals surface area contributed by atoms with Gasteiger partial charge in [0.15, 0.2) is 0 Å². The Bertz CT molecular complexity index is 364. The van der Waals surface area contributed by atoms with Crippen LogP contribution in [0.1, 0.15) is 33.1 Å². The lowest BCUT2D eigenvalue weighted by Crippen LogP contribution is -2.36. The molecule has 4 rings (SSSR count). The molecule has 17 heavy (non-hydrogen) atoms. The topological polar surface area (TPSA) is 26.3 Å². The first kappa shape index (κ1) is 10.4. The van der Waals surface area contributed by atoms with Gasteiger partial charge in [0.1, 0.15) is 0 Å². The number of esters is 1. The summed E-state index contributed by atoms with van der Waals surface area (Å²) in [5.41, 5.74) is 0. The summed E-state index contributed by atoms with van der Waals surface area (Å²) in [6.45, 7) is 5.50. The number of hydrogen-bond acceptors (Lipinski definition) is 2. The second-order valence-electron chi connectivity index (χ2n) is 6.92. The van der Waals surface area contributed by atoms with Crippen LogP contribution in [0.2, 0.25) is 0 Å². The fraction of sp³-hybridized carbons (Fsp3) is 0.933. The predicted molar refractivity (Wildman–Crippen MR) is 64.1 cm³/mol. The number of carbonyl (C=O) groups excluding carboxylic acids is 1. The summed E-state index contributed by atoms with van der Waals surface area (Å²) in [6, 6.07) is 0. The van der Waals surface area contributed by atoms with Gasteiger partial charge < -0.3 is 4.74 Å². The molecule has 0 aromatic carbocycles. The Balaban J connectivity index is 1.71. The van der Waals surface area contributed by atoms with Gasteiger partial charge in [0.2, 0.25) is 0 Å². The van der Waals surface area contributed by atoms with E-state index >= 15 is 0 Å². The largest absolute Gasteiger partial charge is 0.465 e. The van der Waals surface area contributed by atoms with Crippen molar-refractivity contribution in [3.05, 3.63) is 0 Å². The minimum atomic E-state index is 0.132. The first-order chi connectivity index (χ1) is 8.22. The van der Waals surface area contributed by atoms with Gasteiger partial charge in [-0.2, -0.15) is 0 Å². The summed E-state index contributed by atoms with van der Waals surface area (Å²) in [4.78, 5) is 11.9. The van der Waals surface area contributed by atoms with E-state index in [-0.39, 0.29) is 5.97 Å². The number of cyclic esters (lactones) is 1. The van der Waals surface area contributed by atoms with Crippen LogP contribution in [0.15, 0.2) is 0 Å². The van der Waals surface area contributed by atoms with Gasteiger partial charge in [0.25, 0.3) is 0 Å². The summed E-state index contributed by atoms with van der Waals surface area (Å²) >= 11 is 0. The Kier molecular flexibility index (Phi) is 2.00. The van der Waals surface area contributed by atoms with Gasteiger partial charge in [-0.05, 0) is 48.3 Å². The smallest absolute Gasteiger partial charge is 0.309 e. The SMILES string of the molecule is CCC1CC(C)C2C3CC(C4COC(=O)C43)C12. The molecule has 4 fully saturated rings. The van der Waals surface area contributed by atoms with Crippen LogP contribution in [0, 0.1) is 47.3 Å². The van der Waals surface area contributed by atoms with E-state index in [9.17, 15) is 4.79 Å². The monoisotopic (exact) mass is 234 g/mol. The third kappa shape index (κ3) is 1.10. The van der Waals surface area contributed by atoms with Gasteiger partial charge in [0.05, 0.1) is 12.5 Å². The molecule has 0 aromatic rings. The molecule has 2 bridgehead atoms. The van der Waals surface area contributed by atoms with Crippen molar-refractivity contribution in [2.75, 3.05) is 6.61 Å². The maximum atomic E-state index is 11.9. The number of hydrogen-bond donors (Lipinski definition) is 0. The van der Waals surface area contributed by atoms with E-state index in [0.717, 1.165) is 36.2 Å². The van der Waals surface area contributed by atoms with Gasteiger partial charge in [-0.1, -0.05) is 20.3 Å². The number of ether oxygens (including phenoxy) is 1. The number of fused-ring (bicyclic) bond motifs is 8. The third-order valence-electron chi connectivity index (χ3n) is 6.54. The van der Waals surface area contributed by atoms with Crippen LogP contribution in [0.25, 0.3) is 0 Å². The van der Waals surface area contributed by atoms with Gasteiger partial charge in [-0.15, -0.1) is 0 Å². The lowest BCUT2D eigenvalue weighted by molar-refractivity contribution is -0.143. The highest BCUT2D eigenvalue weighted by Gasteiger charge is 2.66. The molecule has 8 atom stereocenters. The molecular formula is C15H22O2. The Labute approximate surface area is 103 Å². The summed E-state index contributed by atoms with van der Waals surface area (Å²) in [5, 5.41) is 0. The van der Waals surface area contributed by atoms with Crippen molar-refractivity contribution in [1.82, 2.24) is 0 Å². The fourth-order valence-electron chi connectivity index (χ4n) is 6.18. The molecule has 1 heterocycles. The van der Waals surface area contributed by atoms with E-state index < -0.39 is 0 Å². The zero-order valence-electron chi connectivity index (χ0n) is 10.8. The first-order valence-electron chi connectivity index (χ1n) is 7.39. The molecule has 0 spiro atoms. The average molecular weight is 234 g/mol. The quantitative estimate of drug-likeness (QED) is 0.652. The molecule has 0 radical (unpaired) electrons. The van der Waals surface area contributed by atoms with E-state index in [0.29, 0.717) is 17.8 Å². The second kappa shape index (κ2) is 3.27.